The first-order valence-electron chi connectivity index (χ1n) is 5.09. The van der Waals surface area contributed by atoms with Crippen LogP contribution in [0.25, 0.3) is 0 Å². The fourth-order valence-corrected chi connectivity index (χ4v) is 1.88. The third-order valence-corrected chi connectivity index (χ3v) is 2.72. The van der Waals surface area contributed by atoms with Gasteiger partial charge in [-0.2, -0.15) is 0 Å². The highest BCUT2D eigenvalue weighted by atomic mass is 35.5. The number of hydrogen-bond donors (Lipinski definition) is 2. The molecule has 1 fully saturated rings. The van der Waals surface area contributed by atoms with E-state index >= 15 is 0 Å². The van der Waals surface area contributed by atoms with Crippen LogP contribution in [-0.2, 0) is 4.79 Å². The standard InChI is InChI=1S/C11H12ClFN2O/c12-7-2-1-3-9(4-7)15-11(16)10-5-8(13)6-14-10/h1-4,8,10,14H,5-6H2,(H,15,16)/t8-,10+/m1/s1. The molecule has 2 atom stereocenters. The Morgan fingerprint density at radius 3 is 3.00 bits per heavy atom. The van der Waals surface area contributed by atoms with Crippen LogP contribution in [-0.4, -0.2) is 24.7 Å². The molecule has 1 aliphatic heterocycles. The number of rotatable bonds is 2. The van der Waals surface area contributed by atoms with Crippen molar-refractivity contribution >= 4 is 23.2 Å². The van der Waals surface area contributed by atoms with Crippen molar-refractivity contribution in [3.8, 4) is 0 Å². The lowest BCUT2D eigenvalue weighted by Gasteiger charge is -2.10. The monoisotopic (exact) mass is 242 g/mol. The summed E-state index contributed by atoms with van der Waals surface area (Å²) < 4.78 is 12.9. The molecule has 0 aromatic heterocycles. The van der Waals surface area contributed by atoms with Gasteiger partial charge in [0.25, 0.3) is 0 Å². The Labute approximate surface area is 98.0 Å². The van der Waals surface area contributed by atoms with E-state index in [1.807, 2.05) is 0 Å². The van der Waals surface area contributed by atoms with Gasteiger partial charge in [0.1, 0.15) is 6.17 Å². The third kappa shape index (κ3) is 2.71. The summed E-state index contributed by atoms with van der Waals surface area (Å²) in [6, 6.07) is 6.42. The first-order valence-corrected chi connectivity index (χ1v) is 5.47. The molecule has 1 aromatic carbocycles. The molecule has 1 heterocycles. The number of halogens is 2. The summed E-state index contributed by atoms with van der Waals surface area (Å²) in [5.74, 6) is -0.220. The summed E-state index contributed by atoms with van der Waals surface area (Å²) in [6.45, 7) is 0.244. The highest BCUT2D eigenvalue weighted by Crippen LogP contribution is 2.17. The molecule has 1 amide bonds. The summed E-state index contributed by atoms with van der Waals surface area (Å²) in [5, 5.41) is 6.07. The number of hydrogen-bond acceptors (Lipinski definition) is 2. The molecule has 0 saturated carbocycles. The Morgan fingerprint density at radius 2 is 2.38 bits per heavy atom. The van der Waals surface area contributed by atoms with E-state index in [1.54, 1.807) is 24.3 Å². The van der Waals surface area contributed by atoms with E-state index in [1.165, 1.54) is 0 Å². The third-order valence-electron chi connectivity index (χ3n) is 2.49. The van der Waals surface area contributed by atoms with E-state index in [0.717, 1.165) is 0 Å². The lowest BCUT2D eigenvalue weighted by molar-refractivity contribution is -0.117. The minimum atomic E-state index is -0.935. The second-order valence-electron chi connectivity index (χ2n) is 3.79. The van der Waals surface area contributed by atoms with Crippen molar-refractivity contribution in [1.82, 2.24) is 5.32 Å². The predicted molar refractivity (Wildman–Crippen MR) is 61.4 cm³/mol. The topological polar surface area (TPSA) is 41.1 Å². The van der Waals surface area contributed by atoms with Gasteiger partial charge in [-0.25, -0.2) is 4.39 Å². The average Bonchev–Trinajstić information content (AvgIpc) is 2.65. The predicted octanol–water partition coefficient (Wildman–Crippen LogP) is 1.98. The zero-order chi connectivity index (χ0) is 11.5. The van der Waals surface area contributed by atoms with Crippen molar-refractivity contribution in [1.29, 1.82) is 0 Å². The highest BCUT2D eigenvalue weighted by Gasteiger charge is 2.29. The average molecular weight is 243 g/mol. The van der Waals surface area contributed by atoms with Crippen LogP contribution < -0.4 is 10.6 Å². The SMILES string of the molecule is O=C(Nc1cccc(Cl)c1)[C@@H]1C[C@@H](F)CN1. The van der Waals surface area contributed by atoms with Crippen LogP contribution in [0, 0.1) is 0 Å². The van der Waals surface area contributed by atoms with Crippen LogP contribution in [0.2, 0.25) is 5.02 Å². The lowest BCUT2D eigenvalue weighted by atomic mass is 10.2. The van der Waals surface area contributed by atoms with Crippen molar-refractivity contribution in [2.45, 2.75) is 18.6 Å². The van der Waals surface area contributed by atoms with Gasteiger partial charge < -0.3 is 10.6 Å². The molecule has 0 radical (unpaired) electrons. The number of anilines is 1. The quantitative estimate of drug-likeness (QED) is 0.833. The van der Waals surface area contributed by atoms with Crippen molar-refractivity contribution in [2.24, 2.45) is 0 Å². The Hall–Kier alpha value is -1.13. The van der Waals surface area contributed by atoms with Crippen molar-refractivity contribution in [2.75, 3.05) is 11.9 Å². The van der Waals surface area contributed by atoms with Gasteiger partial charge >= 0.3 is 0 Å². The Morgan fingerprint density at radius 1 is 1.56 bits per heavy atom. The maximum Gasteiger partial charge on any atom is 0.241 e. The summed E-state index contributed by atoms with van der Waals surface area (Å²) in [6.07, 6.45) is -0.707. The number of carbonyl (C=O) groups is 1. The van der Waals surface area contributed by atoms with Crippen molar-refractivity contribution < 1.29 is 9.18 Å². The lowest BCUT2D eigenvalue weighted by Crippen LogP contribution is -2.35. The molecule has 1 aromatic rings. The molecular formula is C11H12ClFN2O. The Kier molecular flexibility index (Phi) is 3.41. The first-order chi connectivity index (χ1) is 7.65. The van der Waals surface area contributed by atoms with E-state index in [0.29, 0.717) is 10.7 Å². The Bertz CT molecular complexity index is 399. The molecule has 0 bridgehead atoms. The van der Waals surface area contributed by atoms with Gasteiger partial charge in [-0.1, -0.05) is 17.7 Å². The molecule has 16 heavy (non-hydrogen) atoms. The number of benzene rings is 1. The summed E-state index contributed by atoms with van der Waals surface area (Å²) in [5.41, 5.74) is 0.626. The summed E-state index contributed by atoms with van der Waals surface area (Å²) in [7, 11) is 0. The van der Waals surface area contributed by atoms with Gasteiger partial charge in [0, 0.05) is 23.7 Å². The minimum Gasteiger partial charge on any atom is -0.325 e. The molecule has 1 saturated heterocycles. The van der Waals surface area contributed by atoms with Gasteiger partial charge in [0.05, 0.1) is 6.04 Å². The zero-order valence-electron chi connectivity index (χ0n) is 8.54. The smallest absolute Gasteiger partial charge is 0.241 e. The second-order valence-corrected chi connectivity index (χ2v) is 4.23. The van der Waals surface area contributed by atoms with Gasteiger partial charge in [-0.15, -0.1) is 0 Å². The molecule has 3 nitrogen and oxygen atoms in total. The molecule has 2 N–H and O–H groups in total. The van der Waals surface area contributed by atoms with Gasteiger partial charge in [0.2, 0.25) is 5.91 Å². The van der Waals surface area contributed by atoms with Crippen LogP contribution in [0.5, 0.6) is 0 Å². The maximum atomic E-state index is 12.9. The molecule has 0 spiro atoms. The van der Waals surface area contributed by atoms with Crippen molar-refractivity contribution in [3.05, 3.63) is 29.3 Å². The molecular weight excluding hydrogens is 231 g/mol. The minimum absolute atomic E-state index is 0.220. The summed E-state index contributed by atoms with van der Waals surface area (Å²) >= 11 is 5.78. The van der Waals surface area contributed by atoms with E-state index in [2.05, 4.69) is 10.6 Å². The molecule has 2 rings (SSSR count). The van der Waals surface area contributed by atoms with Gasteiger partial charge in [-0.3, -0.25) is 4.79 Å². The van der Waals surface area contributed by atoms with Gasteiger partial charge in [0.15, 0.2) is 0 Å². The molecule has 86 valence electrons. The fourth-order valence-electron chi connectivity index (χ4n) is 1.69. The molecule has 0 aliphatic carbocycles. The molecule has 5 heteroatoms. The van der Waals surface area contributed by atoms with Crippen LogP contribution in [0.1, 0.15) is 6.42 Å². The fraction of sp³-hybridized carbons (Fsp3) is 0.364. The number of nitrogens with one attached hydrogen (secondary N) is 2. The van der Waals surface area contributed by atoms with Gasteiger partial charge in [-0.05, 0) is 18.2 Å². The van der Waals surface area contributed by atoms with E-state index in [-0.39, 0.29) is 18.9 Å². The summed E-state index contributed by atoms with van der Waals surface area (Å²) in [4.78, 5) is 11.7. The number of carbonyl (C=O) groups excluding carboxylic acids is 1. The van der Waals surface area contributed by atoms with Crippen molar-refractivity contribution in [3.63, 3.8) is 0 Å². The zero-order valence-corrected chi connectivity index (χ0v) is 9.30. The number of alkyl halides is 1. The van der Waals surface area contributed by atoms with E-state index < -0.39 is 12.2 Å². The molecule has 1 aliphatic rings. The first kappa shape index (κ1) is 11.4. The largest absolute Gasteiger partial charge is 0.325 e. The van der Waals surface area contributed by atoms with E-state index in [4.69, 9.17) is 11.6 Å². The highest BCUT2D eigenvalue weighted by molar-refractivity contribution is 6.30. The second kappa shape index (κ2) is 4.80. The van der Waals surface area contributed by atoms with Crippen LogP contribution in [0.15, 0.2) is 24.3 Å². The molecule has 0 unspecified atom stereocenters. The van der Waals surface area contributed by atoms with E-state index in [9.17, 15) is 9.18 Å². The Balaban J connectivity index is 1.97. The van der Waals surface area contributed by atoms with Crippen LogP contribution in [0.4, 0.5) is 10.1 Å². The normalized spacial score (nSPS) is 24.4. The van der Waals surface area contributed by atoms with Crippen LogP contribution in [0.3, 0.4) is 0 Å². The van der Waals surface area contributed by atoms with Crippen LogP contribution >= 0.6 is 11.6 Å². The maximum absolute atomic E-state index is 12.9. The number of amides is 1.